The molecule has 9 heteroatoms. The number of hydrogen-bond acceptors (Lipinski definition) is 6. The predicted octanol–water partition coefficient (Wildman–Crippen LogP) is 0.611. The van der Waals surface area contributed by atoms with Crippen molar-refractivity contribution in [2.75, 3.05) is 0 Å². The van der Waals surface area contributed by atoms with Crippen molar-refractivity contribution in [2.24, 2.45) is 0 Å². The molecule has 1 atom stereocenters. The van der Waals surface area contributed by atoms with Gasteiger partial charge in [0.25, 0.3) is 17.7 Å². The first-order valence-corrected chi connectivity index (χ1v) is 8.61. The molecule has 0 bridgehead atoms. The molecule has 1 aromatic heterocycles. The molecule has 3 heterocycles. The standard InChI is InChI=1S/C19H15N3O6/c23-15-6-5-14(17(25)21-15)20-16(24)10-3-4-12-13(8-10)19(27)22(18(12)26)9-11-2-1-7-28-11/h1-4,7-8,14H,5-6,9H2,(H,20,24)(H,21,23,25). The van der Waals surface area contributed by atoms with Crippen LogP contribution in [0.5, 0.6) is 0 Å². The number of amides is 5. The van der Waals surface area contributed by atoms with E-state index in [0.717, 1.165) is 4.90 Å². The molecule has 0 spiro atoms. The van der Waals surface area contributed by atoms with Crippen molar-refractivity contribution >= 4 is 29.5 Å². The number of benzene rings is 1. The molecular weight excluding hydrogens is 366 g/mol. The summed E-state index contributed by atoms with van der Waals surface area (Å²) in [6.07, 6.45) is 1.79. The molecule has 4 rings (SSSR count). The molecule has 1 aromatic carbocycles. The molecule has 28 heavy (non-hydrogen) atoms. The van der Waals surface area contributed by atoms with Crippen LogP contribution in [0.3, 0.4) is 0 Å². The van der Waals surface area contributed by atoms with Gasteiger partial charge in [0.1, 0.15) is 11.8 Å². The number of nitrogens with one attached hydrogen (secondary N) is 2. The molecule has 2 aliphatic rings. The molecule has 1 saturated heterocycles. The quantitative estimate of drug-likeness (QED) is 0.748. The van der Waals surface area contributed by atoms with Crippen molar-refractivity contribution in [1.82, 2.24) is 15.5 Å². The van der Waals surface area contributed by atoms with E-state index in [0.29, 0.717) is 5.76 Å². The first-order valence-electron chi connectivity index (χ1n) is 8.61. The molecule has 1 unspecified atom stereocenters. The van der Waals surface area contributed by atoms with Gasteiger partial charge >= 0.3 is 0 Å². The average Bonchev–Trinajstić information content (AvgIpc) is 3.27. The van der Waals surface area contributed by atoms with Gasteiger partial charge in [0.15, 0.2) is 0 Å². The average molecular weight is 381 g/mol. The second-order valence-electron chi connectivity index (χ2n) is 6.51. The minimum atomic E-state index is -0.828. The Hall–Kier alpha value is -3.75. The summed E-state index contributed by atoms with van der Waals surface area (Å²) in [4.78, 5) is 61.6. The van der Waals surface area contributed by atoms with E-state index in [2.05, 4.69) is 10.6 Å². The Kier molecular flexibility index (Phi) is 4.26. The number of imide groups is 2. The fourth-order valence-electron chi connectivity index (χ4n) is 3.21. The van der Waals surface area contributed by atoms with Crippen LogP contribution in [0.4, 0.5) is 0 Å². The van der Waals surface area contributed by atoms with Gasteiger partial charge in [-0.1, -0.05) is 0 Å². The molecule has 2 aromatic rings. The highest BCUT2D eigenvalue weighted by Gasteiger charge is 2.37. The summed E-state index contributed by atoms with van der Waals surface area (Å²) < 4.78 is 5.18. The normalized spacial score (nSPS) is 18.9. The Morgan fingerprint density at radius 2 is 1.93 bits per heavy atom. The molecule has 2 N–H and O–H groups in total. The van der Waals surface area contributed by atoms with Gasteiger partial charge in [-0.05, 0) is 36.8 Å². The first kappa shape index (κ1) is 17.7. The number of piperidine rings is 1. The van der Waals surface area contributed by atoms with Crippen molar-refractivity contribution in [3.63, 3.8) is 0 Å². The van der Waals surface area contributed by atoms with Crippen LogP contribution in [0.1, 0.15) is 49.7 Å². The van der Waals surface area contributed by atoms with Gasteiger partial charge < -0.3 is 9.73 Å². The van der Waals surface area contributed by atoms with Gasteiger partial charge in [0.2, 0.25) is 11.8 Å². The Labute approximate surface area is 158 Å². The van der Waals surface area contributed by atoms with Gasteiger partial charge in [-0.15, -0.1) is 0 Å². The number of hydrogen-bond donors (Lipinski definition) is 2. The number of rotatable bonds is 4. The largest absolute Gasteiger partial charge is 0.467 e. The van der Waals surface area contributed by atoms with Crippen LogP contribution in [0.25, 0.3) is 0 Å². The van der Waals surface area contributed by atoms with Crippen molar-refractivity contribution in [3.8, 4) is 0 Å². The van der Waals surface area contributed by atoms with E-state index >= 15 is 0 Å². The molecular formula is C19H15N3O6. The fourth-order valence-corrected chi connectivity index (χ4v) is 3.21. The maximum Gasteiger partial charge on any atom is 0.261 e. The number of nitrogens with zero attached hydrogens (tertiary/aromatic N) is 1. The third-order valence-electron chi connectivity index (χ3n) is 4.67. The van der Waals surface area contributed by atoms with Gasteiger partial charge in [0.05, 0.1) is 23.9 Å². The lowest BCUT2D eigenvalue weighted by Crippen LogP contribution is -2.52. The highest BCUT2D eigenvalue weighted by molar-refractivity contribution is 6.22. The second-order valence-corrected chi connectivity index (χ2v) is 6.51. The fraction of sp³-hybridized carbons (Fsp3) is 0.211. The first-order chi connectivity index (χ1) is 13.4. The molecule has 2 aliphatic heterocycles. The van der Waals surface area contributed by atoms with E-state index < -0.39 is 29.7 Å². The Bertz CT molecular complexity index is 1010. The lowest BCUT2D eigenvalue weighted by atomic mass is 10.0. The van der Waals surface area contributed by atoms with Crippen LogP contribution in [0, 0.1) is 0 Å². The Morgan fingerprint density at radius 1 is 1.14 bits per heavy atom. The Morgan fingerprint density at radius 3 is 2.64 bits per heavy atom. The molecule has 5 amide bonds. The lowest BCUT2D eigenvalue weighted by molar-refractivity contribution is -0.134. The lowest BCUT2D eigenvalue weighted by Gasteiger charge is -2.21. The smallest absolute Gasteiger partial charge is 0.261 e. The van der Waals surface area contributed by atoms with Crippen molar-refractivity contribution < 1.29 is 28.4 Å². The minimum absolute atomic E-state index is 0.00283. The minimum Gasteiger partial charge on any atom is -0.467 e. The second kappa shape index (κ2) is 6.76. The number of furan rings is 1. The third kappa shape index (κ3) is 3.07. The van der Waals surface area contributed by atoms with Crippen LogP contribution >= 0.6 is 0 Å². The Balaban J connectivity index is 1.52. The van der Waals surface area contributed by atoms with E-state index in [4.69, 9.17) is 4.42 Å². The number of carbonyl (C=O) groups excluding carboxylic acids is 5. The summed E-state index contributed by atoms with van der Waals surface area (Å²) in [6, 6.07) is 6.65. The van der Waals surface area contributed by atoms with Crippen molar-refractivity contribution in [3.05, 3.63) is 59.0 Å². The van der Waals surface area contributed by atoms with Crippen LogP contribution in [0.15, 0.2) is 41.0 Å². The van der Waals surface area contributed by atoms with Crippen molar-refractivity contribution in [1.29, 1.82) is 0 Å². The zero-order chi connectivity index (χ0) is 19.8. The SMILES string of the molecule is O=C1CCC(NC(=O)c2ccc3c(c2)C(=O)N(Cc2ccco2)C3=O)C(=O)N1. The molecule has 0 saturated carbocycles. The number of fused-ring (bicyclic) bond motifs is 1. The monoisotopic (exact) mass is 381 g/mol. The van der Waals surface area contributed by atoms with E-state index in [-0.39, 0.29) is 42.0 Å². The maximum absolute atomic E-state index is 12.6. The summed E-state index contributed by atoms with van der Waals surface area (Å²) in [5, 5.41) is 4.70. The highest BCUT2D eigenvalue weighted by atomic mass is 16.3. The van der Waals surface area contributed by atoms with E-state index in [1.807, 2.05) is 0 Å². The summed E-state index contributed by atoms with van der Waals surface area (Å²) >= 11 is 0. The van der Waals surface area contributed by atoms with Gasteiger partial charge in [-0.25, -0.2) is 0 Å². The van der Waals surface area contributed by atoms with Crippen LogP contribution in [0.2, 0.25) is 0 Å². The molecule has 1 fully saturated rings. The predicted molar refractivity (Wildman–Crippen MR) is 93.0 cm³/mol. The third-order valence-corrected chi connectivity index (χ3v) is 4.67. The van der Waals surface area contributed by atoms with E-state index in [1.165, 1.54) is 24.5 Å². The summed E-state index contributed by atoms with van der Waals surface area (Å²) in [6.45, 7) is -0.00283. The zero-order valence-corrected chi connectivity index (χ0v) is 14.6. The van der Waals surface area contributed by atoms with Crippen LogP contribution < -0.4 is 10.6 Å². The van der Waals surface area contributed by atoms with Gasteiger partial charge in [-0.3, -0.25) is 34.2 Å². The zero-order valence-electron chi connectivity index (χ0n) is 14.6. The molecule has 0 radical (unpaired) electrons. The van der Waals surface area contributed by atoms with Gasteiger partial charge in [-0.2, -0.15) is 0 Å². The highest BCUT2D eigenvalue weighted by Crippen LogP contribution is 2.26. The molecule has 9 nitrogen and oxygen atoms in total. The number of carbonyl (C=O) groups is 5. The molecule has 142 valence electrons. The summed E-state index contributed by atoms with van der Waals surface area (Å²) in [5.74, 6) is -2.04. The van der Waals surface area contributed by atoms with Gasteiger partial charge in [0, 0.05) is 12.0 Å². The summed E-state index contributed by atoms with van der Waals surface area (Å²) in [7, 11) is 0. The molecule has 0 aliphatic carbocycles. The van der Waals surface area contributed by atoms with E-state index in [1.54, 1.807) is 12.1 Å². The van der Waals surface area contributed by atoms with Crippen molar-refractivity contribution in [2.45, 2.75) is 25.4 Å². The van der Waals surface area contributed by atoms with Crippen LogP contribution in [-0.4, -0.2) is 40.5 Å². The summed E-state index contributed by atoms with van der Waals surface area (Å²) in [5.41, 5.74) is 0.464. The topological polar surface area (TPSA) is 126 Å². The van der Waals surface area contributed by atoms with E-state index in [9.17, 15) is 24.0 Å². The van der Waals surface area contributed by atoms with Crippen LogP contribution in [-0.2, 0) is 16.1 Å². The maximum atomic E-state index is 12.6.